The molecular weight excluding hydrogens is 130 g/mol. The van der Waals surface area contributed by atoms with Gasteiger partial charge in [-0.2, -0.15) is 0 Å². The Hall–Kier alpha value is -1.03. The van der Waals surface area contributed by atoms with Crippen molar-refractivity contribution in [3.63, 3.8) is 0 Å². The molecule has 0 heterocycles. The fraction of sp³-hybridized carbons (Fsp3) is 0.500. The zero-order valence-corrected chi connectivity index (χ0v) is 6.33. The van der Waals surface area contributed by atoms with Crippen LogP contribution in [0, 0.1) is 0 Å². The van der Waals surface area contributed by atoms with Crippen LogP contribution < -0.4 is 5.32 Å². The van der Waals surface area contributed by atoms with Gasteiger partial charge in [0.15, 0.2) is 0 Å². The Bertz CT molecular complexity index is 131. The summed E-state index contributed by atoms with van der Waals surface area (Å²) >= 11 is 0. The van der Waals surface area contributed by atoms with Crippen molar-refractivity contribution in [2.45, 2.75) is 6.92 Å². The van der Waals surface area contributed by atoms with Crippen LogP contribution in [0.2, 0.25) is 0 Å². The van der Waals surface area contributed by atoms with Crippen LogP contribution in [0.4, 0.5) is 0 Å². The lowest BCUT2D eigenvalue weighted by atomic mass is 10.7. The van der Waals surface area contributed by atoms with Crippen LogP contribution in [0.5, 0.6) is 0 Å². The molecule has 0 aromatic carbocycles. The van der Waals surface area contributed by atoms with E-state index in [1.807, 2.05) is 6.92 Å². The second kappa shape index (κ2) is 4.81. The van der Waals surface area contributed by atoms with Gasteiger partial charge in [-0.15, -0.1) is 0 Å². The molecule has 0 aromatic rings. The van der Waals surface area contributed by atoms with Crippen molar-refractivity contribution in [3.8, 4) is 0 Å². The molecule has 0 atom stereocenters. The first kappa shape index (κ1) is 8.97. The highest BCUT2D eigenvalue weighted by Crippen LogP contribution is 1.78. The summed E-state index contributed by atoms with van der Waals surface area (Å²) in [5.41, 5.74) is 0. The Kier molecular flexibility index (Phi) is 4.32. The van der Waals surface area contributed by atoms with E-state index in [1.165, 1.54) is 13.2 Å². The molecule has 58 valence electrons. The fourth-order valence-corrected chi connectivity index (χ4v) is 0.482. The quantitative estimate of drug-likeness (QED) is 0.334. The molecular formula is C6H13N3O. The minimum atomic E-state index is 0.400. The summed E-state index contributed by atoms with van der Waals surface area (Å²) in [5.74, 6) is 0.400. The normalized spacial score (nSPS) is 10.9. The Balaban J connectivity index is 3.96. The SMILES string of the molecule is C=CNC(=NCC)N(C)O. The van der Waals surface area contributed by atoms with E-state index in [0.29, 0.717) is 12.5 Å². The van der Waals surface area contributed by atoms with Gasteiger partial charge >= 0.3 is 0 Å². The summed E-state index contributed by atoms with van der Waals surface area (Å²) in [6.45, 7) is 5.94. The van der Waals surface area contributed by atoms with Gasteiger partial charge in [-0.25, -0.2) is 5.06 Å². The van der Waals surface area contributed by atoms with Crippen LogP contribution in [-0.2, 0) is 0 Å². The van der Waals surface area contributed by atoms with E-state index >= 15 is 0 Å². The number of hydrogen-bond donors (Lipinski definition) is 2. The van der Waals surface area contributed by atoms with Crippen LogP contribution in [-0.4, -0.2) is 29.8 Å². The number of rotatable bonds is 2. The van der Waals surface area contributed by atoms with E-state index in [1.54, 1.807) is 0 Å². The Morgan fingerprint density at radius 3 is 2.80 bits per heavy atom. The summed E-state index contributed by atoms with van der Waals surface area (Å²) in [5, 5.41) is 12.4. The molecule has 4 heteroatoms. The van der Waals surface area contributed by atoms with Crippen LogP contribution >= 0.6 is 0 Å². The third-order valence-electron chi connectivity index (χ3n) is 0.846. The maximum Gasteiger partial charge on any atom is 0.221 e. The van der Waals surface area contributed by atoms with Gasteiger partial charge in [-0.1, -0.05) is 6.58 Å². The van der Waals surface area contributed by atoms with Crippen LogP contribution in [0.1, 0.15) is 6.92 Å². The van der Waals surface area contributed by atoms with Gasteiger partial charge in [0.1, 0.15) is 0 Å². The number of guanidine groups is 1. The first-order valence-corrected chi connectivity index (χ1v) is 3.06. The Morgan fingerprint density at radius 1 is 1.90 bits per heavy atom. The molecule has 0 aliphatic heterocycles. The van der Waals surface area contributed by atoms with Gasteiger partial charge in [0.25, 0.3) is 0 Å². The molecule has 0 amide bonds. The zero-order valence-electron chi connectivity index (χ0n) is 6.33. The predicted octanol–water partition coefficient (Wildman–Crippen LogP) is 0.416. The lowest BCUT2D eigenvalue weighted by molar-refractivity contribution is 0.00985. The smallest absolute Gasteiger partial charge is 0.221 e. The highest BCUT2D eigenvalue weighted by Gasteiger charge is 1.96. The van der Waals surface area contributed by atoms with E-state index in [4.69, 9.17) is 5.21 Å². The monoisotopic (exact) mass is 143 g/mol. The van der Waals surface area contributed by atoms with Crippen LogP contribution in [0.25, 0.3) is 0 Å². The van der Waals surface area contributed by atoms with E-state index in [-0.39, 0.29) is 0 Å². The first-order chi connectivity index (χ1) is 4.72. The highest BCUT2D eigenvalue weighted by atomic mass is 16.5. The summed E-state index contributed by atoms with van der Waals surface area (Å²) in [6.07, 6.45) is 1.46. The first-order valence-electron chi connectivity index (χ1n) is 3.06. The largest absolute Gasteiger partial charge is 0.332 e. The summed E-state index contributed by atoms with van der Waals surface area (Å²) in [7, 11) is 1.49. The molecule has 0 spiro atoms. The molecule has 0 unspecified atom stereocenters. The van der Waals surface area contributed by atoms with Crippen molar-refractivity contribution in [3.05, 3.63) is 12.8 Å². The molecule has 0 aromatic heterocycles. The Labute approximate surface area is 60.8 Å². The second-order valence-electron chi connectivity index (χ2n) is 1.67. The molecule has 0 saturated carbocycles. The number of nitrogens with one attached hydrogen (secondary N) is 1. The zero-order chi connectivity index (χ0) is 7.98. The van der Waals surface area contributed by atoms with Crippen molar-refractivity contribution in [1.82, 2.24) is 10.4 Å². The van der Waals surface area contributed by atoms with Gasteiger partial charge in [0.05, 0.1) is 0 Å². The van der Waals surface area contributed by atoms with E-state index in [9.17, 15) is 0 Å². The minimum Gasteiger partial charge on any atom is -0.332 e. The number of aliphatic imine (C=N–C) groups is 1. The van der Waals surface area contributed by atoms with Gasteiger partial charge in [-0.3, -0.25) is 10.2 Å². The maximum absolute atomic E-state index is 8.87. The van der Waals surface area contributed by atoms with Crippen LogP contribution in [0.15, 0.2) is 17.8 Å². The maximum atomic E-state index is 8.87. The van der Waals surface area contributed by atoms with Crippen molar-refractivity contribution < 1.29 is 5.21 Å². The molecule has 4 nitrogen and oxygen atoms in total. The molecule has 0 aliphatic rings. The minimum absolute atomic E-state index is 0.400. The molecule has 2 N–H and O–H groups in total. The van der Waals surface area contributed by atoms with Gasteiger partial charge in [0.2, 0.25) is 5.96 Å². The topological polar surface area (TPSA) is 47.9 Å². The number of nitrogens with zero attached hydrogens (tertiary/aromatic N) is 2. The van der Waals surface area contributed by atoms with Crippen molar-refractivity contribution in [2.75, 3.05) is 13.6 Å². The molecule has 0 fully saturated rings. The molecule has 0 rings (SSSR count). The molecule has 0 aliphatic carbocycles. The molecule has 0 radical (unpaired) electrons. The van der Waals surface area contributed by atoms with Crippen LogP contribution in [0.3, 0.4) is 0 Å². The van der Waals surface area contributed by atoms with E-state index < -0.39 is 0 Å². The molecule has 0 saturated heterocycles. The predicted molar refractivity (Wildman–Crippen MR) is 40.9 cm³/mol. The van der Waals surface area contributed by atoms with E-state index in [2.05, 4.69) is 16.9 Å². The Morgan fingerprint density at radius 2 is 2.50 bits per heavy atom. The molecule has 0 bridgehead atoms. The van der Waals surface area contributed by atoms with Crippen molar-refractivity contribution >= 4 is 5.96 Å². The average molecular weight is 143 g/mol. The number of hydrogen-bond acceptors (Lipinski definition) is 2. The molecule has 10 heavy (non-hydrogen) atoms. The van der Waals surface area contributed by atoms with Crippen molar-refractivity contribution in [1.29, 1.82) is 0 Å². The summed E-state index contributed by atoms with van der Waals surface area (Å²) in [4.78, 5) is 3.92. The summed E-state index contributed by atoms with van der Waals surface area (Å²) in [6, 6.07) is 0. The number of hydroxylamine groups is 2. The standard InChI is InChI=1S/C6H13N3O/c1-4-7-6(8-5-2)9(3)10/h4,10H,1,5H2,2-3H3,(H,7,8). The van der Waals surface area contributed by atoms with Gasteiger partial charge < -0.3 is 5.32 Å². The third kappa shape index (κ3) is 3.09. The lowest BCUT2D eigenvalue weighted by Gasteiger charge is -2.11. The average Bonchev–Trinajstić information content (AvgIpc) is 1.87. The van der Waals surface area contributed by atoms with Crippen molar-refractivity contribution in [2.24, 2.45) is 4.99 Å². The van der Waals surface area contributed by atoms with Gasteiger partial charge in [0, 0.05) is 13.6 Å². The fourth-order valence-electron chi connectivity index (χ4n) is 0.482. The second-order valence-corrected chi connectivity index (χ2v) is 1.67. The lowest BCUT2D eigenvalue weighted by Crippen LogP contribution is -2.33. The highest BCUT2D eigenvalue weighted by molar-refractivity contribution is 5.79. The summed E-state index contributed by atoms with van der Waals surface area (Å²) < 4.78 is 0. The van der Waals surface area contributed by atoms with E-state index in [0.717, 1.165) is 5.06 Å². The van der Waals surface area contributed by atoms with Gasteiger partial charge in [-0.05, 0) is 13.1 Å². The third-order valence-corrected chi connectivity index (χ3v) is 0.846.